The summed E-state index contributed by atoms with van der Waals surface area (Å²) < 4.78 is 0. The number of thiophene rings is 1. The van der Waals surface area contributed by atoms with Gasteiger partial charge in [0.05, 0.1) is 13.1 Å². The molecule has 0 unspecified atom stereocenters. The average Bonchev–Trinajstić information content (AvgIpc) is 2.78. The SMILES string of the molecule is CC(=O)NCC(=O)NCc1sccc1C#CCO. The third-order valence-corrected chi connectivity index (χ3v) is 2.91. The Morgan fingerprint density at radius 1 is 1.44 bits per heavy atom. The molecule has 0 saturated heterocycles. The van der Waals surface area contributed by atoms with E-state index in [4.69, 9.17) is 5.11 Å². The minimum absolute atomic E-state index is 0.0294. The van der Waals surface area contributed by atoms with Crippen molar-refractivity contribution in [2.45, 2.75) is 13.5 Å². The highest BCUT2D eigenvalue weighted by atomic mass is 32.1. The summed E-state index contributed by atoms with van der Waals surface area (Å²) in [6, 6.07) is 1.84. The van der Waals surface area contributed by atoms with Gasteiger partial charge in [0.25, 0.3) is 0 Å². The topological polar surface area (TPSA) is 78.4 Å². The van der Waals surface area contributed by atoms with Crippen molar-refractivity contribution in [2.24, 2.45) is 0 Å². The summed E-state index contributed by atoms with van der Waals surface area (Å²) >= 11 is 1.48. The summed E-state index contributed by atoms with van der Waals surface area (Å²) in [6.07, 6.45) is 0. The maximum absolute atomic E-state index is 11.4. The molecule has 0 aliphatic rings. The molecular weight excluding hydrogens is 252 g/mol. The van der Waals surface area contributed by atoms with Crippen LogP contribution in [-0.2, 0) is 16.1 Å². The molecule has 1 aromatic rings. The molecule has 6 heteroatoms. The first kappa shape index (κ1) is 14.2. The van der Waals surface area contributed by atoms with Crippen molar-refractivity contribution in [2.75, 3.05) is 13.2 Å². The van der Waals surface area contributed by atoms with E-state index in [0.717, 1.165) is 10.4 Å². The molecule has 0 saturated carbocycles. The molecule has 3 N–H and O–H groups in total. The molecular formula is C12H14N2O3S. The summed E-state index contributed by atoms with van der Waals surface area (Å²) in [4.78, 5) is 22.9. The van der Waals surface area contributed by atoms with Gasteiger partial charge in [-0.25, -0.2) is 0 Å². The maximum Gasteiger partial charge on any atom is 0.239 e. The van der Waals surface area contributed by atoms with Crippen LogP contribution in [0.25, 0.3) is 0 Å². The summed E-state index contributed by atoms with van der Waals surface area (Å²) in [5, 5.41) is 15.6. The van der Waals surface area contributed by atoms with E-state index in [1.54, 1.807) is 0 Å². The van der Waals surface area contributed by atoms with Gasteiger partial charge in [0.2, 0.25) is 11.8 Å². The quantitative estimate of drug-likeness (QED) is 0.663. The fraction of sp³-hybridized carbons (Fsp3) is 0.333. The van der Waals surface area contributed by atoms with Gasteiger partial charge in [0, 0.05) is 17.4 Å². The Morgan fingerprint density at radius 3 is 2.89 bits per heavy atom. The number of aliphatic hydroxyl groups excluding tert-OH is 1. The molecule has 0 spiro atoms. The Kier molecular flexibility index (Phi) is 5.91. The predicted octanol–water partition coefficient (Wildman–Crippen LogP) is -0.156. The summed E-state index contributed by atoms with van der Waals surface area (Å²) in [5.74, 6) is 4.88. The van der Waals surface area contributed by atoms with E-state index in [0.29, 0.717) is 6.54 Å². The van der Waals surface area contributed by atoms with Gasteiger partial charge in [-0.05, 0) is 11.4 Å². The zero-order valence-electron chi connectivity index (χ0n) is 9.95. The minimum atomic E-state index is -0.250. The third kappa shape index (κ3) is 4.99. The lowest BCUT2D eigenvalue weighted by atomic mass is 10.2. The molecule has 1 rings (SSSR count). The van der Waals surface area contributed by atoms with Gasteiger partial charge in [0.15, 0.2) is 0 Å². The lowest BCUT2D eigenvalue weighted by molar-refractivity contribution is -0.125. The smallest absolute Gasteiger partial charge is 0.239 e. The fourth-order valence-corrected chi connectivity index (χ4v) is 1.94. The van der Waals surface area contributed by atoms with Crippen LogP contribution >= 0.6 is 11.3 Å². The van der Waals surface area contributed by atoms with Crippen molar-refractivity contribution in [3.63, 3.8) is 0 Å². The Bertz CT molecular complexity index is 485. The Labute approximate surface area is 109 Å². The second-order valence-electron chi connectivity index (χ2n) is 3.40. The van der Waals surface area contributed by atoms with Crippen LogP contribution in [0.1, 0.15) is 17.4 Å². The van der Waals surface area contributed by atoms with E-state index in [1.165, 1.54) is 18.3 Å². The van der Waals surface area contributed by atoms with Crippen LogP contribution in [0.5, 0.6) is 0 Å². The molecule has 0 radical (unpaired) electrons. The average molecular weight is 266 g/mol. The van der Waals surface area contributed by atoms with Gasteiger partial charge in [0.1, 0.15) is 6.61 Å². The standard InChI is InChI=1S/C12H14N2O3S/c1-9(16)13-8-12(17)14-7-11-10(3-2-5-15)4-6-18-11/h4,6,15H,5,7-8H2,1H3,(H,13,16)(H,14,17). The van der Waals surface area contributed by atoms with Crippen LogP contribution in [0.2, 0.25) is 0 Å². The molecule has 96 valence electrons. The van der Waals surface area contributed by atoms with Crippen LogP contribution in [-0.4, -0.2) is 30.1 Å². The monoisotopic (exact) mass is 266 g/mol. The number of carbonyl (C=O) groups excluding carboxylic acids is 2. The van der Waals surface area contributed by atoms with E-state index in [2.05, 4.69) is 22.5 Å². The van der Waals surface area contributed by atoms with Crippen LogP contribution in [0.3, 0.4) is 0 Å². The zero-order chi connectivity index (χ0) is 13.4. The molecule has 0 bridgehead atoms. The minimum Gasteiger partial charge on any atom is -0.384 e. The molecule has 0 aliphatic carbocycles. The van der Waals surface area contributed by atoms with Crippen molar-refractivity contribution in [1.82, 2.24) is 10.6 Å². The van der Waals surface area contributed by atoms with E-state index < -0.39 is 0 Å². The van der Waals surface area contributed by atoms with Gasteiger partial charge in [-0.15, -0.1) is 11.3 Å². The molecule has 0 fully saturated rings. The van der Waals surface area contributed by atoms with Crippen molar-refractivity contribution >= 4 is 23.2 Å². The Balaban J connectivity index is 2.46. The first-order chi connectivity index (χ1) is 8.63. The van der Waals surface area contributed by atoms with Crippen LogP contribution in [0, 0.1) is 11.8 Å². The number of aliphatic hydroxyl groups is 1. The molecule has 5 nitrogen and oxygen atoms in total. The number of hydrogen-bond donors (Lipinski definition) is 3. The molecule has 0 aromatic carbocycles. The number of hydrogen-bond acceptors (Lipinski definition) is 4. The predicted molar refractivity (Wildman–Crippen MR) is 68.8 cm³/mol. The molecule has 0 aliphatic heterocycles. The zero-order valence-corrected chi connectivity index (χ0v) is 10.8. The number of rotatable bonds is 4. The molecule has 18 heavy (non-hydrogen) atoms. The molecule has 0 atom stereocenters. The normalized spacial score (nSPS) is 9.22. The molecule has 2 amide bonds. The van der Waals surface area contributed by atoms with Crippen molar-refractivity contribution < 1.29 is 14.7 Å². The summed E-state index contributed by atoms with van der Waals surface area (Å²) in [6.45, 7) is 1.50. The molecule has 1 aromatic heterocycles. The highest BCUT2D eigenvalue weighted by Crippen LogP contribution is 2.15. The van der Waals surface area contributed by atoms with Crippen LogP contribution in [0.15, 0.2) is 11.4 Å². The van der Waals surface area contributed by atoms with Crippen LogP contribution < -0.4 is 10.6 Å². The first-order valence-corrected chi connectivity index (χ1v) is 6.18. The van der Waals surface area contributed by atoms with E-state index >= 15 is 0 Å². The van der Waals surface area contributed by atoms with Crippen LogP contribution in [0.4, 0.5) is 0 Å². The lowest BCUT2D eigenvalue weighted by Crippen LogP contribution is -2.35. The largest absolute Gasteiger partial charge is 0.384 e. The second kappa shape index (κ2) is 7.48. The Hall–Kier alpha value is -1.84. The van der Waals surface area contributed by atoms with Gasteiger partial charge in [-0.2, -0.15) is 0 Å². The highest BCUT2D eigenvalue weighted by Gasteiger charge is 2.05. The van der Waals surface area contributed by atoms with E-state index in [-0.39, 0.29) is 25.0 Å². The fourth-order valence-electron chi connectivity index (χ4n) is 1.17. The summed E-state index contributed by atoms with van der Waals surface area (Å²) in [7, 11) is 0. The third-order valence-electron chi connectivity index (χ3n) is 1.99. The summed E-state index contributed by atoms with van der Waals surface area (Å²) in [5.41, 5.74) is 0.800. The van der Waals surface area contributed by atoms with E-state index in [1.807, 2.05) is 11.4 Å². The van der Waals surface area contributed by atoms with Gasteiger partial charge in [-0.1, -0.05) is 11.8 Å². The van der Waals surface area contributed by atoms with Gasteiger partial charge in [-0.3, -0.25) is 9.59 Å². The Morgan fingerprint density at radius 2 is 2.22 bits per heavy atom. The van der Waals surface area contributed by atoms with Crippen molar-refractivity contribution in [1.29, 1.82) is 0 Å². The van der Waals surface area contributed by atoms with Gasteiger partial charge < -0.3 is 15.7 Å². The van der Waals surface area contributed by atoms with Crippen molar-refractivity contribution in [3.8, 4) is 11.8 Å². The van der Waals surface area contributed by atoms with E-state index in [9.17, 15) is 9.59 Å². The van der Waals surface area contributed by atoms with Crippen molar-refractivity contribution in [3.05, 3.63) is 21.9 Å². The highest BCUT2D eigenvalue weighted by molar-refractivity contribution is 7.10. The number of nitrogens with one attached hydrogen (secondary N) is 2. The van der Waals surface area contributed by atoms with Gasteiger partial charge >= 0.3 is 0 Å². The number of carbonyl (C=O) groups is 2. The lowest BCUT2D eigenvalue weighted by Gasteiger charge is -2.04. The second-order valence-corrected chi connectivity index (χ2v) is 4.40. The maximum atomic E-state index is 11.4. The number of amides is 2. The molecule has 1 heterocycles. The first-order valence-electron chi connectivity index (χ1n) is 5.30.